The molecule has 0 bridgehead atoms. The Bertz CT molecular complexity index is 201. The molecule has 4 heteroatoms. The van der Waals surface area contributed by atoms with Crippen molar-refractivity contribution in [3.8, 4) is 0 Å². The molecule has 0 radical (unpaired) electrons. The molecule has 15 heavy (non-hydrogen) atoms. The first-order valence-corrected chi connectivity index (χ1v) is 7.98. The van der Waals surface area contributed by atoms with Gasteiger partial charge < -0.3 is 4.90 Å². The number of carbonyl (C=O) groups excluding carboxylic acids is 1. The molecule has 1 rings (SSSR count). The van der Waals surface area contributed by atoms with Crippen LogP contribution in [0.15, 0.2) is 0 Å². The summed E-state index contributed by atoms with van der Waals surface area (Å²) in [5.74, 6) is 1.56. The van der Waals surface area contributed by atoms with Crippen molar-refractivity contribution in [1.29, 1.82) is 0 Å². The molecule has 1 heterocycles. The van der Waals surface area contributed by atoms with Gasteiger partial charge in [-0.25, -0.2) is 0 Å². The lowest BCUT2D eigenvalue weighted by molar-refractivity contribution is -0.127. The predicted octanol–water partition coefficient (Wildman–Crippen LogP) is 2.91. The van der Waals surface area contributed by atoms with Crippen molar-refractivity contribution in [3.63, 3.8) is 0 Å². The minimum absolute atomic E-state index is 0.0917. The van der Waals surface area contributed by atoms with E-state index >= 15 is 0 Å². The smallest absolute Gasteiger partial charge is 0.236 e. The third-order valence-corrected chi connectivity index (χ3v) is 4.31. The minimum Gasteiger partial charge on any atom is -0.342 e. The fourth-order valence-corrected chi connectivity index (χ4v) is 2.81. The number of nitrogens with zero attached hydrogens (tertiary/aromatic N) is 1. The van der Waals surface area contributed by atoms with E-state index in [0.717, 1.165) is 19.5 Å². The predicted molar refractivity (Wildman–Crippen MR) is 70.8 cm³/mol. The summed E-state index contributed by atoms with van der Waals surface area (Å²) in [6.07, 6.45) is 8.18. The van der Waals surface area contributed by atoms with E-state index in [2.05, 4.69) is 22.2 Å². The van der Waals surface area contributed by atoms with Gasteiger partial charge in [-0.1, -0.05) is 28.8 Å². The maximum atomic E-state index is 11.5. The maximum Gasteiger partial charge on any atom is 0.236 e. The molecule has 0 aromatic heterocycles. The summed E-state index contributed by atoms with van der Waals surface area (Å²) in [6, 6.07) is 0. The van der Waals surface area contributed by atoms with Crippen LogP contribution in [0.3, 0.4) is 0 Å². The molecular formula is C11H20BrNOS. The minimum atomic E-state index is 0.0917. The summed E-state index contributed by atoms with van der Waals surface area (Å²) in [5.41, 5.74) is 0. The highest BCUT2D eigenvalue weighted by molar-refractivity contribution is 9.10. The standard InChI is InChI=1S/C11H20BrNOS/c1-15-9-5-3-2-4-7-13-8-6-10(12)11(13)14/h10H,2-9H2,1H3. The van der Waals surface area contributed by atoms with Crippen molar-refractivity contribution in [2.24, 2.45) is 0 Å². The van der Waals surface area contributed by atoms with Gasteiger partial charge in [0.2, 0.25) is 5.91 Å². The fourth-order valence-electron chi connectivity index (χ4n) is 1.83. The van der Waals surface area contributed by atoms with E-state index in [0.29, 0.717) is 5.91 Å². The van der Waals surface area contributed by atoms with E-state index in [1.165, 1.54) is 31.4 Å². The van der Waals surface area contributed by atoms with Gasteiger partial charge in [-0.05, 0) is 31.3 Å². The topological polar surface area (TPSA) is 20.3 Å². The molecule has 1 atom stereocenters. The van der Waals surface area contributed by atoms with Crippen LogP contribution in [-0.2, 0) is 4.79 Å². The molecule has 1 fully saturated rings. The number of likely N-dealkylation sites (tertiary alicyclic amines) is 1. The van der Waals surface area contributed by atoms with Gasteiger partial charge in [-0.2, -0.15) is 11.8 Å². The lowest BCUT2D eigenvalue weighted by Crippen LogP contribution is -2.28. The second-order valence-electron chi connectivity index (χ2n) is 3.99. The van der Waals surface area contributed by atoms with E-state index < -0.39 is 0 Å². The van der Waals surface area contributed by atoms with Gasteiger partial charge in [0.25, 0.3) is 0 Å². The Balaban J connectivity index is 1.98. The third kappa shape index (κ3) is 4.77. The zero-order chi connectivity index (χ0) is 11.1. The zero-order valence-electron chi connectivity index (χ0n) is 9.38. The van der Waals surface area contributed by atoms with E-state index in [1.54, 1.807) is 0 Å². The Hall–Kier alpha value is 0.300. The van der Waals surface area contributed by atoms with Crippen LogP contribution < -0.4 is 0 Å². The van der Waals surface area contributed by atoms with Gasteiger partial charge in [-0.15, -0.1) is 0 Å². The normalized spacial score (nSPS) is 21.3. The van der Waals surface area contributed by atoms with Crippen LogP contribution in [0.1, 0.15) is 32.1 Å². The van der Waals surface area contributed by atoms with E-state index in [1.807, 2.05) is 16.7 Å². The first-order chi connectivity index (χ1) is 7.25. The molecule has 1 amide bonds. The monoisotopic (exact) mass is 293 g/mol. The molecule has 0 spiro atoms. The number of rotatable bonds is 7. The number of hydrogen-bond donors (Lipinski definition) is 0. The molecule has 1 unspecified atom stereocenters. The van der Waals surface area contributed by atoms with Crippen molar-refractivity contribution >= 4 is 33.6 Å². The summed E-state index contributed by atoms with van der Waals surface area (Å²) in [5, 5.41) is 0. The Morgan fingerprint density at radius 3 is 2.73 bits per heavy atom. The van der Waals surface area contributed by atoms with Crippen LogP contribution in [-0.4, -0.2) is 40.7 Å². The summed E-state index contributed by atoms with van der Waals surface area (Å²) in [4.78, 5) is 13.6. The quantitative estimate of drug-likeness (QED) is 0.531. The fraction of sp³-hybridized carbons (Fsp3) is 0.909. The van der Waals surface area contributed by atoms with Crippen LogP contribution >= 0.6 is 27.7 Å². The molecule has 0 aromatic rings. The van der Waals surface area contributed by atoms with Gasteiger partial charge in [0, 0.05) is 13.1 Å². The zero-order valence-corrected chi connectivity index (χ0v) is 11.8. The third-order valence-electron chi connectivity index (χ3n) is 2.76. The summed E-state index contributed by atoms with van der Waals surface area (Å²) in [6.45, 7) is 1.90. The molecular weight excluding hydrogens is 274 g/mol. The van der Waals surface area contributed by atoms with Crippen LogP contribution in [0.25, 0.3) is 0 Å². The molecule has 2 nitrogen and oxygen atoms in total. The molecule has 1 aliphatic rings. The summed E-state index contributed by atoms with van der Waals surface area (Å²) < 4.78 is 0. The molecule has 1 aliphatic heterocycles. The average molecular weight is 294 g/mol. The molecule has 0 aliphatic carbocycles. The first-order valence-electron chi connectivity index (χ1n) is 5.67. The highest BCUT2D eigenvalue weighted by atomic mass is 79.9. The van der Waals surface area contributed by atoms with Crippen molar-refractivity contribution in [2.45, 2.75) is 36.9 Å². The average Bonchev–Trinajstić information content (AvgIpc) is 2.54. The highest BCUT2D eigenvalue weighted by Crippen LogP contribution is 2.18. The van der Waals surface area contributed by atoms with Gasteiger partial charge in [0.15, 0.2) is 0 Å². The van der Waals surface area contributed by atoms with Crippen molar-refractivity contribution in [2.75, 3.05) is 25.1 Å². The molecule has 1 saturated heterocycles. The van der Waals surface area contributed by atoms with Crippen LogP contribution in [0.2, 0.25) is 0 Å². The highest BCUT2D eigenvalue weighted by Gasteiger charge is 2.28. The van der Waals surface area contributed by atoms with Gasteiger partial charge >= 0.3 is 0 Å². The van der Waals surface area contributed by atoms with Crippen molar-refractivity contribution in [1.82, 2.24) is 4.90 Å². The Labute approximate surface area is 105 Å². The lowest BCUT2D eigenvalue weighted by atomic mass is 10.2. The number of halogens is 1. The second-order valence-corrected chi connectivity index (χ2v) is 6.08. The molecule has 0 aromatic carbocycles. The number of carbonyl (C=O) groups is 1. The van der Waals surface area contributed by atoms with E-state index in [-0.39, 0.29) is 4.83 Å². The number of alkyl halides is 1. The maximum absolute atomic E-state index is 11.5. The summed E-state index contributed by atoms with van der Waals surface area (Å²) in [7, 11) is 0. The molecule has 0 N–H and O–H groups in total. The van der Waals surface area contributed by atoms with Gasteiger partial charge in [0.05, 0.1) is 4.83 Å². The SMILES string of the molecule is CSCCCCCCN1CCC(Br)C1=O. The largest absolute Gasteiger partial charge is 0.342 e. The van der Waals surface area contributed by atoms with E-state index in [4.69, 9.17) is 0 Å². The molecule has 0 saturated carbocycles. The number of hydrogen-bond acceptors (Lipinski definition) is 2. The van der Waals surface area contributed by atoms with Crippen molar-refractivity contribution < 1.29 is 4.79 Å². The number of amides is 1. The van der Waals surface area contributed by atoms with Gasteiger partial charge in [-0.3, -0.25) is 4.79 Å². The second kappa shape index (κ2) is 7.55. The van der Waals surface area contributed by atoms with Crippen LogP contribution in [0.4, 0.5) is 0 Å². The Morgan fingerprint density at radius 1 is 1.40 bits per heavy atom. The Morgan fingerprint density at radius 2 is 2.13 bits per heavy atom. The Kier molecular flexibility index (Phi) is 6.73. The lowest BCUT2D eigenvalue weighted by Gasteiger charge is -2.15. The number of unbranched alkanes of at least 4 members (excludes halogenated alkanes) is 3. The van der Waals surface area contributed by atoms with Gasteiger partial charge in [0.1, 0.15) is 0 Å². The summed E-state index contributed by atoms with van der Waals surface area (Å²) >= 11 is 5.31. The van der Waals surface area contributed by atoms with Crippen LogP contribution in [0, 0.1) is 0 Å². The molecule has 88 valence electrons. The first kappa shape index (κ1) is 13.4. The van der Waals surface area contributed by atoms with Crippen LogP contribution in [0.5, 0.6) is 0 Å². The van der Waals surface area contributed by atoms with E-state index in [9.17, 15) is 4.79 Å². The number of thioether (sulfide) groups is 1. The van der Waals surface area contributed by atoms with Crippen molar-refractivity contribution in [3.05, 3.63) is 0 Å².